The molecule has 1 aromatic heterocycles. The molecule has 0 radical (unpaired) electrons. The summed E-state index contributed by atoms with van der Waals surface area (Å²) in [6, 6.07) is 7.34. The van der Waals surface area contributed by atoms with Crippen molar-refractivity contribution in [2.45, 2.75) is 6.18 Å². The van der Waals surface area contributed by atoms with E-state index in [9.17, 15) is 22.8 Å². The first-order valence-corrected chi connectivity index (χ1v) is 7.06. The summed E-state index contributed by atoms with van der Waals surface area (Å²) in [6.45, 7) is 0. The maximum atomic E-state index is 13.2. The Morgan fingerprint density at radius 2 is 1.68 bits per heavy atom. The molecule has 8 heteroatoms. The summed E-state index contributed by atoms with van der Waals surface area (Å²) in [5.41, 5.74) is 3.64. The first kappa shape index (κ1) is 16.7. The molecule has 128 valence electrons. The lowest BCUT2D eigenvalue weighted by molar-refractivity contribution is -0.137. The molecule has 0 saturated carbocycles. The zero-order chi connectivity index (χ0) is 18.4. The Hall–Kier alpha value is -3.16. The molecule has 0 fully saturated rings. The fourth-order valence-electron chi connectivity index (χ4n) is 2.60. The number of benzene rings is 1. The van der Waals surface area contributed by atoms with E-state index < -0.39 is 29.0 Å². The van der Waals surface area contributed by atoms with Gasteiger partial charge in [0.15, 0.2) is 5.76 Å². The number of carbonyl (C=O) groups excluding carboxylic acids is 2. The van der Waals surface area contributed by atoms with Crippen LogP contribution in [0.2, 0.25) is 0 Å². The highest BCUT2D eigenvalue weighted by Crippen LogP contribution is 2.37. The summed E-state index contributed by atoms with van der Waals surface area (Å²) in [5.74, 6) is -1.71. The van der Waals surface area contributed by atoms with Gasteiger partial charge in [-0.15, -0.1) is 0 Å². The number of hydrogen-bond acceptors (Lipinski definition) is 5. The van der Waals surface area contributed by atoms with Gasteiger partial charge in [0.05, 0.1) is 23.9 Å². The van der Waals surface area contributed by atoms with Crippen molar-refractivity contribution in [1.82, 2.24) is 4.98 Å². The van der Waals surface area contributed by atoms with Gasteiger partial charge in [0, 0.05) is 5.56 Å². The highest BCUT2D eigenvalue weighted by Gasteiger charge is 2.36. The zero-order valence-corrected chi connectivity index (χ0v) is 12.8. The fraction of sp³-hybridized carbons (Fsp3) is 0.118. The normalized spacial score (nSPS) is 14.6. The lowest BCUT2D eigenvalue weighted by Gasteiger charge is -2.18. The largest absolute Gasteiger partial charge is 0.491 e. The molecule has 0 bridgehead atoms. The summed E-state index contributed by atoms with van der Waals surface area (Å²) in [5, 5.41) is 0. The standard InChI is InChI=1S/C17H11F3N2O3/c1-25-16-12(21)15(24)13-9(14(16)23)6-7-11(22-13)8-4-2-3-5-10(8)17(18,19)20/h2-7H,21H2,1H3. The van der Waals surface area contributed by atoms with E-state index in [-0.39, 0.29) is 28.3 Å². The third-order valence-electron chi connectivity index (χ3n) is 3.76. The molecular formula is C17H11F3N2O3. The van der Waals surface area contributed by atoms with E-state index in [0.717, 1.165) is 6.07 Å². The van der Waals surface area contributed by atoms with Crippen LogP contribution in [0.5, 0.6) is 0 Å². The van der Waals surface area contributed by atoms with Crippen molar-refractivity contribution in [3.8, 4) is 11.3 Å². The number of allylic oxidation sites excluding steroid dienone is 2. The quantitative estimate of drug-likeness (QED) is 0.902. The third kappa shape index (κ3) is 2.65. The van der Waals surface area contributed by atoms with Gasteiger partial charge in [0.1, 0.15) is 11.4 Å². The Kier molecular flexibility index (Phi) is 3.82. The average molecular weight is 348 g/mol. The lowest BCUT2D eigenvalue weighted by Crippen LogP contribution is -2.28. The number of Topliss-reactive ketones (excluding diaryl/α,β-unsaturated/α-hetero) is 2. The number of hydrogen-bond donors (Lipinski definition) is 1. The van der Waals surface area contributed by atoms with Crippen LogP contribution in [0.1, 0.15) is 26.4 Å². The zero-order valence-electron chi connectivity index (χ0n) is 12.8. The molecule has 3 rings (SSSR count). The van der Waals surface area contributed by atoms with Gasteiger partial charge in [0.2, 0.25) is 11.6 Å². The van der Waals surface area contributed by atoms with Crippen LogP contribution in [0.15, 0.2) is 47.9 Å². The molecule has 0 spiro atoms. The van der Waals surface area contributed by atoms with Crippen molar-refractivity contribution in [3.05, 3.63) is 64.7 Å². The predicted octanol–water partition coefficient (Wildman–Crippen LogP) is 2.96. The van der Waals surface area contributed by atoms with Gasteiger partial charge in [-0.3, -0.25) is 9.59 Å². The Balaban J connectivity index is 2.19. The average Bonchev–Trinajstić information content (AvgIpc) is 2.59. The van der Waals surface area contributed by atoms with E-state index in [2.05, 4.69) is 4.98 Å². The van der Waals surface area contributed by atoms with Crippen LogP contribution < -0.4 is 5.73 Å². The van der Waals surface area contributed by atoms with Crippen LogP contribution in [0.4, 0.5) is 13.2 Å². The number of alkyl halides is 3. The fourth-order valence-corrected chi connectivity index (χ4v) is 2.60. The van der Waals surface area contributed by atoms with E-state index >= 15 is 0 Å². The minimum absolute atomic E-state index is 0.0655. The van der Waals surface area contributed by atoms with E-state index in [1.807, 2.05) is 0 Å². The van der Waals surface area contributed by atoms with Crippen molar-refractivity contribution in [1.29, 1.82) is 0 Å². The molecule has 25 heavy (non-hydrogen) atoms. The second kappa shape index (κ2) is 5.73. The number of pyridine rings is 1. The molecule has 0 amide bonds. The molecule has 1 aromatic carbocycles. The molecule has 1 aliphatic rings. The molecule has 0 unspecified atom stereocenters. The highest BCUT2D eigenvalue weighted by atomic mass is 19.4. The minimum atomic E-state index is -4.59. The Morgan fingerprint density at radius 1 is 1.00 bits per heavy atom. The van der Waals surface area contributed by atoms with Gasteiger partial charge in [0.25, 0.3) is 0 Å². The molecule has 1 heterocycles. The number of aromatic nitrogens is 1. The van der Waals surface area contributed by atoms with Crippen LogP contribution in [0.3, 0.4) is 0 Å². The Bertz CT molecular complexity index is 933. The molecule has 0 aliphatic heterocycles. The monoisotopic (exact) mass is 348 g/mol. The van der Waals surface area contributed by atoms with Crippen LogP contribution in [0.25, 0.3) is 11.3 Å². The highest BCUT2D eigenvalue weighted by molar-refractivity contribution is 6.25. The second-order valence-electron chi connectivity index (χ2n) is 5.24. The van der Waals surface area contributed by atoms with E-state index in [0.29, 0.717) is 0 Å². The second-order valence-corrected chi connectivity index (χ2v) is 5.24. The first-order chi connectivity index (χ1) is 11.8. The molecule has 1 aliphatic carbocycles. The first-order valence-electron chi connectivity index (χ1n) is 7.06. The number of rotatable bonds is 2. The van der Waals surface area contributed by atoms with Gasteiger partial charge >= 0.3 is 6.18 Å². The smallest absolute Gasteiger partial charge is 0.417 e. The summed E-state index contributed by atoms with van der Waals surface area (Å²) >= 11 is 0. The topological polar surface area (TPSA) is 82.3 Å². The van der Waals surface area contributed by atoms with Crippen molar-refractivity contribution in [2.75, 3.05) is 7.11 Å². The van der Waals surface area contributed by atoms with Crippen molar-refractivity contribution >= 4 is 11.6 Å². The molecule has 5 nitrogen and oxygen atoms in total. The third-order valence-corrected chi connectivity index (χ3v) is 3.76. The van der Waals surface area contributed by atoms with E-state index in [1.165, 1.54) is 37.4 Å². The molecule has 0 atom stereocenters. The summed E-state index contributed by atoms with van der Waals surface area (Å²) in [7, 11) is 1.19. The Labute approximate surface area is 139 Å². The van der Waals surface area contributed by atoms with Gasteiger partial charge < -0.3 is 10.5 Å². The van der Waals surface area contributed by atoms with Gasteiger partial charge in [-0.25, -0.2) is 4.98 Å². The molecule has 2 N–H and O–H groups in total. The number of carbonyl (C=O) groups is 2. The number of methoxy groups -OCH3 is 1. The van der Waals surface area contributed by atoms with Gasteiger partial charge in [-0.2, -0.15) is 13.2 Å². The summed E-state index contributed by atoms with van der Waals surface area (Å²) < 4.78 is 44.4. The number of fused-ring (bicyclic) bond motifs is 1. The Morgan fingerprint density at radius 3 is 2.32 bits per heavy atom. The van der Waals surface area contributed by atoms with Crippen molar-refractivity contribution in [2.24, 2.45) is 5.73 Å². The molecule has 2 aromatic rings. The number of ketones is 2. The lowest BCUT2D eigenvalue weighted by atomic mass is 9.94. The van der Waals surface area contributed by atoms with E-state index in [1.54, 1.807) is 0 Å². The van der Waals surface area contributed by atoms with Gasteiger partial charge in [-0.05, 0) is 18.2 Å². The van der Waals surface area contributed by atoms with Crippen LogP contribution in [0, 0.1) is 0 Å². The summed E-state index contributed by atoms with van der Waals surface area (Å²) in [6.07, 6.45) is -4.59. The maximum Gasteiger partial charge on any atom is 0.417 e. The SMILES string of the molecule is COC1=C(N)C(=O)c2nc(-c3ccccc3C(F)(F)F)ccc2C1=O. The molecular weight excluding hydrogens is 337 g/mol. The summed E-state index contributed by atoms with van der Waals surface area (Å²) in [4.78, 5) is 28.5. The number of nitrogens with zero attached hydrogens (tertiary/aromatic N) is 1. The molecule has 0 saturated heterocycles. The number of ether oxygens (including phenoxy) is 1. The maximum absolute atomic E-state index is 13.2. The van der Waals surface area contributed by atoms with Crippen molar-refractivity contribution < 1.29 is 27.5 Å². The predicted molar refractivity (Wildman–Crippen MR) is 81.6 cm³/mol. The van der Waals surface area contributed by atoms with E-state index in [4.69, 9.17) is 10.5 Å². The van der Waals surface area contributed by atoms with Crippen LogP contribution in [-0.4, -0.2) is 23.7 Å². The van der Waals surface area contributed by atoms with Crippen LogP contribution in [-0.2, 0) is 10.9 Å². The van der Waals surface area contributed by atoms with Crippen molar-refractivity contribution in [3.63, 3.8) is 0 Å². The minimum Gasteiger partial charge on any atom is -0.491 e. The number of halogens is 3. The number of nitrogens with two attached hydrogens (primary N) is 1. The van der Waals surface area contributed by atoms with Crippen LogP contribution >= 0.6 is 0 Å². The van der Waals surface area contributed by atoms with Gasteiger partial charge in [-0.1, -0.05) is 18.2 Å².